The summed E-state index contributed by atoms with van der Waals surface area (Å²) >= 11 is 4.48. The Morgan fingerprint density at radius 1 is 1.18 bits per heavy atom. The topological polar surface area (TPSA) is 75.2 Å². The van der Waals surface area contributed by atoms with Gasteiger partial charge >= 0.3 is 0 Å². The molecule has 2 atom stereocenters. The lowest BCUT2D eigenvalue weighted by Crippen LogP contribution is -2.28. The molecule has 1 amide bonds. The predicted molar refractivity (Wildman–Crippen MR) is 126 cm³/mol. The van der Waals surface area contributed by atoms with Gasteiger partial charge in [-0.3, -0.25) is 4.79 Å². The number of benzene rings is 3. The fourth-order valence-corrected chi connectivity index (χ4v) is 6.04. The van der Waals surface area contributed by atoms with Crippen LogP contribution in [-0.4, -0.2) is 23.8 Å². The number of hydrogen-bond acceptors (Lipinski definition) is 5. The Morgan fingerprint density at radius 3 is 2.79 bits per heavy atom. The van der Waals surface area contributed by atoms with E-state index in [4.69, 9.17) is 0 Å². The number of carbonyl (C=O) groups excluding carboxylic acids is 1. The highest BCUT2D eigenvalue weighted by Crippen LogP contribution is 2.38. The van der Waals surface area contributed by atoms with E-state index in [1.165, 1.54) is 17.0 Å². The number of amides is 1. The van der Waals surface area contributed by atoms with Crippen LogP contribution in [0.3, 0.4) is 0 Å². The van der Waals surface area contributed by atoms with Gasteiger partial charge in [-0.1, -0.05) is 28.1 Å². The van der Waals surface area contributed by atoms with Crippen LogP contribution in [0.25, 0.3) is 11.0 Å². The molecule has 33 heavy (non-hydrogen) atoms. The second-order valence-corrected chi connectivity index (χ2v) is 10.1. The van der Waals surface area contributed by atoms with E-state index in [1.807, 2.05) is 0 Å². The average Bonchev–Trinajstić information content (AvgIpc) is 3.37. The van der Waals surface area contributed by atoms with Gasteiger partial charge in [0, 0.05) is 22.6 Å². The first kappa shape index (κ1) is 22.1. The Kier molecular flexibility index (Phi) is 5.71. The van der Waals surface area contributed by atoms with Gasteiger partial charge in [0.05, 0.1) is 33.9 Å². The van der Waals surface area contributed by atoms with Gasteiger partial charge in [0.2, 0.25) is 0 Å². The lowest BCUT2D eigenvalue weighted by Gasteiger charge is -2.25. The van der Waals surface area contributed by atoms with Crippen LogP contribution in [0, 0.1) is 11.6 Å². The van der Waals surface area contributed by atoms with Gasteiger partial charge < -0.3 is 9.62 Å². The van der Waals surface area contributed by atoms with Crippen molar-refractivity contribution in [1.82, 2.24) is 13.6 Å². The van der Waals surface area contributed by atoms with E-state index >= 15 is 0 Å². The van der Waals surface area contributed by atoms with Gasteiger partial charge in [0.15, 0.2) is 11.0 Å². The van der Waals surface area contributed by atoms with E-state index in [9.17, 15) is 17.8 Å². The van der Waals surface area contributed by atoms with Crippen LogP contribution >= 0.6 is 27.7 Å². The molecule has 1 aromatic heterocycles. The van der Waals surface area contributed by atoms with Crippen molar-refractivity contribution in [3.05, 3.63) is 81.3 Å². The first-order chi connectivity index (χ1) is 15.8. The van der Waals surface area contributed by atoms with Crippen molar-refractivity contribution in [3.8, 4) is 0 Å². The maximum absolute atomic E-state index is 14.4. The summed E-state index contributed by atoms with van der Waals surface area (Å²) in [4.78, 5) is 15.3. The van der Waals surface area contributed by atoms with E-state index in [-0.39, 0.29) is 18.0 Å². The molecule has 0 saturated carbocycles. The number of anilines is 1. The molecule has 1 N–H and O–H groups in total. The molecule has 0 saturated heterocycles. The standard InChI is InChI=1S/C22H15BrF2N4O2S2/c1-11(15-6-5-14(24)9-16(15)25)29-10-12-7-13(23)8-18(20(12)22(29)30)28-33(31)19-4-2-3-17-21(19)27-32-26-17/h2-9,11,28H,10H2,1H3/t11-,33?/m1/s1. The Hall–Kier alpha value is -2.76. The first-order valence-corrected chi connectivity index (χ1v) is 12.5. The summed E-state index contributed by atoms with van der Waals surface area (Å²) < 4.78 is 52.9. The van der Waals surface area contributed by atoms with E-state index < -0.39 is 28.7 Å². The summed E-state index contributed by atoms with van der Waals surface area (Å²) in [5.41, 5.74) is 2.86. The Balaban J connectivity index is 1.48. The molecule has 5 rings (SSSR count). The smallest absolute Gasteiger partial charge is 0.257 e. The Labute approximate surface area is 202 Å². The molecule has 0 bridgehead atoms. The third kappa shape index (κ3) is 3.94. The molecule has 2 heterocycles. The van der Waals surface area contributed by atoms with Crippen LogP contribution in [0.5, 0.6) is 0 Å². The fraction of sp³-hybridized carbons (Fsp3) is 0.136. The quantitative estimate of drug-likeness (QED) is 0.353. The average molecular weight is 549 g/mol. The van der Waals surface area contributed by atoms with Gasteiger partial charge in [0.25, 0.3) is 5.91 Å². The molecule has 0 radical (unpaired) electrons. The van der Waals surface area contributed by atoms with Crippen molar-refractivity contribution < 1.29 is 17.8 Å². The number of carbonyl (C=O) groups is 1. The normalized spacial score (nSPS) is 15.0. The number of fused-ring (bicyclic) bond motifs is 2. The number of rotatable bonds is 5. The molecule has 1 unspecified atom stereocenters. The summed E-state index contributed by atoms with van der Waals surface area (Å²) in [6, 6.07) is 11.4. The van der Waals surface area contributed by atoms with Crippen LogP contribution < -0.4 is 4.72 Å². The molecule has 0 aliphatic carbocycles. The number of nitrogens with one attached hydrogen (secondary N) is 1. The predicted octanol–water partition coefficient (Wildman–Crippen LogP) is 5.58. The lowest BCUT2D eigenvalue weighted by atomic mass is 10.1. The third-order valence-corrected chi connectivity index (χ3v) is 7.67. The van der Waals surface area contributed by atoms with Gasteiger partial charge in [-0.25, -0.2) is 13.0 Å². The van der Waals surface area contributed by atoms with Crippen LogP contribution in [0.1, 0.15) is 34.5 Å². The van der Waals surface area contributed by atoms with Crippen molar-refractivity contribution in [1.29, 1.82) is 0 Å². The van der Waals surface area contributed by atoms with Crippen LogP contribution in [-0.2, 0) is 17.5 Å². The Morgan fingerprint density at radius 2 is 2.00 bits per heavy atom. The zero-order valence-electron chi connectivity index (χ0n) is 17.0. The molecule has 11 heteroatoms. The highest BCUT2D eigenvalue weighted by atomic mass is 79.9. The highest BCUT2D eigenvalue weighted by Gasteiger charge is 2.35. The van der Waals surface area contributed by atoms with Gasteiger partial charge in [0.1, 0.15) is 22.7 Å². The maximum atomic E-state index is 14.4. The molecule has 0 spiro atoms. The van der Waals surface area contributed by atoms with E-state index in [0.29, 0.717) is 37.2 Å². The third-order valence-electron chi connectivity index (χ3n) is 5.53. The number of nitrogens with zero attached hydrogens (tertiary/aromatic N) is 3. The molecular weight excluding hydrogens is 534 g/mol. The van der Waals surface area contributed by atoms with E-state index in [2.05, 4.69) is 29.4 Å². The van der Waals surface area contributed by atoms with Crippen LogP contribution in [0.4, 0.5) is 14.5 Å². The minimum Gasteiger partial charge on any atom is -0.327 e. The second kappa shape index (κ2) is 8.54. The minimum absolute atomic E-state index is 0.220. The van der Waals surface area contributed by atoms with Crippen molar-refractivity contribution >= 4 is 61.3 Å². The van der Waals surface area contributed by atoms with Crippen LogP contribution in [0.2, 0.25) is 0 Å². The van der Waals surface area contributed by atoms with Crippen molar-refractivity contribution in [2.75, 3.05) is 4.72 Å². The molecular formula is C22H15BrF2N4O2S2. The molecule has 1 aliphatic heterocycles. The van der Waals surface area contributed by atoms with Crippen molar-refractivity contribution in [3.63, 3.8) is 0 Å². The minimum atomic E-state index is -1.71. The SMILES string of the molecule is C[C@H](c1ccc(F)cc1F)N1Cc2cc(Br)cc(NS(=O)c3cccc4nsnc34)c2C1=O. The summed E-state index contributed by atoms with van der Waals surface area (Å²) in [7, 11) is -1.71. The van der Waals surface area contributed by atoms with Gasteiger partial charge in [-0.2, -0.15) is 8.75 Å². The summed E-state index contributed by atoms with van der Waals surface area (Å²) in [5.74, 6) is -1.72. The molecule has 6 nitrogen and oxygen atoms in total. The zero-order chi connectivity index (χ0) is 23.3. The molecule has 0 fully saturated rings. The molecule has 3 aromatic carbocycles. The van der Waals surface area contributed by atoms with E-state index in [1.54, 1.807) is 37.3 Å². The second-order valence-electron chi connectivity index (χ2n) is 7.52. The molecule has 1 aliphatic rings. The fourth-order valence-electron chi connectivity index (χ4n) is 3.93. The number of halogens is 3. The monoisotopic (exact) mass is 548 g/mol. The zero-order valence-corrected chi connectivity index (χ0v) is 20.2. The highest BCUT2D eigenvalue weighted by molar-refractivity contribution is 9.10. The summed E-state index contributed by atoms with van der Waals surface area (Å²) in [5, 5.41) is 0. The summed E-state index contributed by atoms with van der Waals surface area (Å²) in [6.07, 6.45) is 0. The van der Waals surface area contributed by atoms with Crippen LogP contribution in [0.15, 0.2) is 57.9 Å². The number of aromatic nitrogens is 2. The van der Waals surface area contributed by atoms with Gasteiger partial charge in [-0.15, -0.1) is 0 Å². The van der Waals surface area contributed by atoms with E-state index in [0.717, 1.165) is 17.8 Å². The molecule has 4 aromatic rings. The van der Waals surface area contributed by atoms with Gasteiger partial charge in [-0.05, 0) is 42.8 Å². The van der Waals surface area contributed by atoms with Crippen molar-refractivity contribution in [2.24, 2.45) is 0 Å². The number of hydrogen-bond donors (Lipinski definition) is 1. The van der Waals surface area contributed by atoms with Crippen molar-refractivity contribution in [2.45, 2.75) is 24.4 Å². The lowest BCUT2D eigenvalue weighted by molar-refractivity contribution is 0.0714. The molecule has 168 valence electrons. The largest absolute Gasteiger partial charge is 0.327 e. The Bertz CT molecular complexity index is 1450. The summed E-state index contributed by atoms with van der Waals surface area (Å²) in [6.45, 7) is 1.93. The first-order valence-electron chi connectivity index (χ1n) is 9.81. The maximum Gasteiger partial charge on any atom is 0.257 e.